The van der Waals surface area contributed by atoms with Crippen molar-refractivity contribution in [2.75, 3.05) is 27.2 Å². The Morgan fingerprint density at radius 1 is 1.18 bits per heavy atom. The van der Waals surface area contributed by atoms with Crippen LogP contribution in [0.25, 0.3) is 0 Å². The second kappa shape index (κ2) is 11.9. The number of hydrogen-bond donors (Lipinski definition) is 0. The molecule has 0 aromatic rings. The summed E-state index contributed by atoms with van der Waals surface area (Å²) in [5, 5.41) is 0. The Hall–Kier alpha value is -0.570. The van der Waals surface area contributed by atoms with Crippen molar-refractivity contribution in [2.45, 2.75) is 59.9 Å². The third kappa shape index (κ3) is 7.37. The summed E-state index contributed by atoms with van der Waals surface area (Å²) in [6.45, 7) is 12.2. The molecule has 0 spiro atoms. The van der Waals surface area contributed by atoms with E-state index in [0.29, 0.717) is 12.5 Å². The van der Waals surface area contributed by atoms with Crippen LogP contribution in [0.3, 0.4) is 0 Å². The fraction of sp³-hybridized carbons (Fsp3) is 0.929. The predicted molar refractivity (Wildman–Crippen MR) is 76.3 cm³/mol. The summed E-state index contributed by atoms with van der Waals surface area (Å²) in [7, 11) is 4.07. The number of carbonyl (C=O) groups is 1. The smallest absolute Gasteiger partial charge is 0.222 e. The second-order valence-corrected chi connectivity index (χ2v) is 3.89. The van der Waals surface area contributed by atoms with Crippen LogP contribution >= 0.6 is 0 Å². The first kappa shape index (κ1) is 18.8. The van der Waals surface area contributed by atoms with E-state index in [1.54, 1.807) is 0 Å². The number of nitrogens with zero attached hydrogens (tertiary/aromatic N) is 2. The van der Waals surface area contributed by atoms with Crippen LogP contribution in [0.15, 0.2) is 0 Å². The van der Waals surface area contributed by atoms with Crippen molar-refractivity contribution >= 4 is 5.91 Å². The van der Waals surface area contributed by atoms with Crippen LogP contribution in [-0.4, -0.2) is 48.9 Å². The Kier molecular flexibility index (Phi) is 13.2. The van der Waals surface area contributed by atoms with Crippen LogP contribution in [0.5, 0.6) is 0 Å². The third-order valence-corrected chi connectivity index (χ3v) is 2.93. The van der Waals surface area contributed by atoms with Crippen molar-refractivity contribution in [3.63, 3.8) is 0 Å². The van der Waals surface area contributed by atoms with E-state index in [1.807, 2.05) is 46.6 Å². The van der Waals surface area contributed by atoms with E-state index in [0.717, 1.165) is 25.9 Å². The number of hydrogen-bond acceptors (Lipinski definition) is 2. The minimum atomic E-state index is 0.273. The first-order valence-electron chi connectivity index (χ1n) is 7.09. The highest BCUT2D eigenvalue weighted by molar-refractivity contribution is 5.75. The summed E-state index contributed by atoms with van der Waals surface area (Å²) < 4.78 is 0. The molecule has 0 aromatic carbocycles. The van der Waals surface area contributed by atoms with Crippen molar-refractivity contribution in [1.82, 2.24) is 9.80 Å². The molecule has 0 atom stereocenters. The molecule has 0 aliphatic carbocycles. The summed E-state index contributed by atoms with van der Waals surface area (Å²) in [5.41, 5.74) is 0. The second-order valence-electron chi connectivity index (χ2n) is 3.89. The van der Waals surface area contributed by atoms with Gasteiger partial charge in [0.15, 0.2) is 0 Å². The van der Waals surface area contributed by atoms with Crippen molar-refractivity contribution < 1.29 is 4.79 Å². The molecule has 1 aliphatic heterocycles. The largest absolute Gasteiger partial charge is 0.343 e. The van der Waals surface area contributed by atoms with Crippen molar-refractivity contribution in [3.8, 4) is 0 Å². The fourth-order valence-corrected chi connectivity index (χ4v) is 1.84. The van der Waals surface area contributed by atoms with Gasteiger partial charge in [0.25, 0.3) is 0 Å². The molecule has 3 nitrogen and oxygen atoms in total. The minimum absolute atomic E-state index is 0.273. The van der Waals surface area contributed by atoms with Gasteiger partial charge in [0, 0.05) is 19.5 Å². The molecule has 0 bridgehead atoms. The van der Waals surface area contributed by atoms with E-state index in [2.05, 4.69) is 11.9 Å². The molecule has 104 valence electrons. The van der Waals surface area contributed by atoms with Gasteiger partial charge < -0.3 is 9.80 Å². The van der Waals surface area contributed by atoms with E-state index >= 15 is 0 Å². The molecule has 1 fully saturated rings. The number of carbonyl (C=O) groups excluding carboxylic acids is 1. The van der Waals surface area contributed by atoms with Gasteiger partial charge in [-0.1, -0.05) is 34.6 Å². The Bertz CT molecular complexity index is 175. The summed E-state index contributed by atoms with van der Waals surface area (Å²) in [4.78, 5) is 15.6. The molecule has 0 N–H and O–H groups in total. The monoisotopic (exact) mass is 244 g/mol. The Labute approximate surface area is 108 Å². The van der Waals surface area contributed by atoms with Gasteiger partial charge in [0.1, 0.15) is 0 Å². The Morgan fingerprint density at radius 3 is 1.94 bits per heavy atom. The van der Waals surface area contributed by atoms with Crippen LogP contribution in [0.2, 0.25) is 0 Å². The lowest BCUT2D eigenvalue weighted by Gasteiger charge is -2.35. The van der Waals surface area contributed by atoms with Gasteiger partial charge in [-0.05, 0) is 33.0 Å². The highest BCUT2D eigenvalue weighted by atomic mass is 16.2. The van der Waals surface area contributed by atoms with Crippen LogP contribution < -0.4 is 0 Å². The fourth-order valence-electron chi connectivity index (χ4n) is 1.84. The maximum absolute atomic E-state index is 11.4. The average molecular weight is 244 g/mol. The zero-order valence-corrected chi connectivity index (χ0v) is 12.9. The van der Waals surface area contributed by atoms with Crippen LogP contribution in [0.4, 0.5) is 0 Å². The van der Waals surface area contributed by atoms with Gasteiger partial charge in [-0.3, -0.25) is 4.79 Å². The van der Waals surface area contributed by atoms with E-state index in [4.69, 9.17) is 0 Å². The molecule has 3 heteroatoms. The van der Waals surface area contributed by atoms with E-state index in [1.165, 1.54) is 0 Å². The average Bonchev–Trinajstić information content (AvgIpc) is 2.42. The first-order valence-corrected chi connectivity index (χ1v) is 7.09. The Morgan fingerprint density at radius 2 is 1.59 bits per heavy atom. The van der Waals surface area contributed by atoms with Gasteiger partial charge in [0.05, 0.1) is 0 Å². The van der Waals surface area contributed by atoms with Gasteiger partial charge in [-0.2, -0.15) is 0 Å². The lowest BCUT2D eigenvalue weighted by Crippen LogP contribution is -2.44. The first-order chi connectivity index (χ1) is 8.15. The van der Waals surface area contributed by atoms with Gasteiger partial charge in [-0.15, -0.1) is 0 Å². The maximum Gasteiger partial charge on any atom is 0.222 e. The Balaban J connectivity index is 0. The molecule has 1 saturated heterocycles. The third-order valence-electron chi connectivity index (χ3n) is 2.93. The van der Waals surface area contributed by atoms with E-state index < -0.39 is 0 Å². The molecule has 17 heavy (non-hydrogen) atoms. The molecule has 0 aromatic heterocycles. The highest BCUT2D eigenvalue weighted by Crippen LogP contribution is 2.14. The molecular formula is C14H32N2O. The maximum atomic E-state index is 11.4. The summed E-state index contributed by atoms with van der Waals surface area (Å²) in [5.74, 6) is 0.273. The highest BCUT2D eigenvalue weighted by Gasteiger charge is 2.22. The standard InChI is InChI=1S/C10H20N2O.2C2H6/c1-4-10(13)12(3)9-5-7-11(2)8-6-9;2*1-2/h9H,4-8H2,1-3H3;2*1-2H3. The predicted octanol–water partition coefficient (Wildman–Crippen LogP) is 3.00. The quantitative estimate of drug-likeness (QED) is 0.745. The lowest BCUT2D eigenvalue weighted by atomic mass is 10.0. The summed E-state index contributed by atoms with van der Waals surface area (Å²) >= 11 is 0. The van der Waals surface area contributed by atoms with Crippen LogP contribution in [0, 0.1) is 0 Å². The van der Waals surface area contributed by atoms with Crippen molar-refractivity contribution in [1.29, 1.82) is 0 Å². The molecule has 0 saturated carbocycles. The molecule has 0 radical (unpaired) electrons. The SMILES string of the molecule is CC.CC.CCC(=O)N(C)C1CCN(C)CC1. The molecule has 1 amide bonds. The molecule has 1 aliphatic rings. The number of rotatable bonds is 2. The van der Waals surface area contributed by atoms with E-state index in [9.17, 15) is 4.79 Å². The topological polar surface area (TPSA) is 23.6 Å². The normalized spacial score (nSPS) is 16.2. The zero-order chi connectivity index (χ0) is 13.8. The lowest BCUT2D eigenvalue weighted by molar-refractivity contribution is -0.132. The summed E-state index contributed by atoms with van der Waals surface area (Å²) in [6, 6.07) is 0.476. The zero-order valence-electron chi connectivity index (χ0n) is 12.9. The number of amides is 1. The molecule has 1 heterocycles. The van der Waals surface area contributed by atoms with Crippen LogP contribution in [0.1, 0.15) is 53.9 Å². The molecular weight excluding hydrogens is 212 g/mol. The van der Waals surface area contributed by atoms with Gasteiger partial charge >= 0.3 is 0 Å². The van der Waals surface area contributed by atoms with Crippen molar-refractivity contribution in [2.24, 2.45) is 0 Å². The molecule has 1 rings (SSSR count). The molecule has 0 unspecified atom stereocenters. The van der Waals surface area contributed by atoms with Gasteiger partial charge in [0.2, 0.25) is 5.91 Å². The van der Waals surface area contributed by atoms with E-state index in [-0.39, 0.29) is 5.91 Å². The van der Waals surface area contributed by atoms with Gasteiger partial charge in [-0.25, -0.2) is 0 Å². The summed E-state index contributed by atoms with van der Waals surface area (Å²) in [6.07, 6.45) is 2.88. The number of piperidine rings is 1. The number of likely N-dealkylation sites (tertiary alicyclic amines) is 1. The van der Waals surface area contributed by atoms with Crippen molar-refractivity contribution in [3.05, 3.63) is 0 Å². The minimum Gasteiger partial charge on any atom is -0.343 e. The van der Waals surface area contributed by atoms with Crippen LogP contribution in [-0.2, 0) is 4.79 Å².